The van der Waals surface area contributed by atoms with Gasteiger partial charge in [-0.25, -0.2) is 0 Å². The Morgan fingerprint density at radius 2 is 1.16 bits per heavy atom. The van der Waals surface area contributed by atoms with Crippen LogP contribution in [-0.4, -0.2) is 22.9 Å². The van der Waals surface area contributed by atoms with E-state index < -0.39 is 0 Å². The Hall–Kier alpha value is -0.530. The molecule has 2 heteroatoms. The minimum absolute atomic E-state index is 0.0189. The van der Waals surface area contributed by atoms with Gasteiger partial charge in [-0.1, -0.05) is 83.1 Å². The van der Waals surface area contributed by atoms with Gasteiger partial charge in [0, 0.05) is 19.0 Å². The van der Waals surface area contributed by atoms with Crippen LogP contribution in [0.3, 0.4) is 0 Å². The minimum Gasteiger partial charge on any atom is -0.338 e. The summed E-state index contributed by atoms with van der Waals surface area (Å²) in [7, 11) is 0. The highest BCUT2D eigenvalue weighted by atomic mass is 16.2. The molecule has 0 aromatic rings. The fourth-order valence-corrected chi connectivity index (χ4v) is 1.49. The van der Waals surface area contributed by atoms with E-state index in [2.05, 4.69) is 83.1 Å². The van der Waals surface area contributed by atoms with Gasteiger partial charge in [0.2, 0.25) is 5.91 Å². The summed E-state index contributed by atoms with van der Waals surface area (Å²) in [5.74, 6) is 1.37. The van der Waals surface area contributed by atoms with Crippen molar-refractivity contribution in [2.45, 2.75) is 116 Å². The highest BCUT2D eigenvalue weighted by Gasteiger charge is 2.28. The molecule has 1 unspecified atom stereocenters. The lowest BCUT2D eigenvalue weighted by atomic mass is 9.71. The van der Waals surface area contributed by atoms with Crippen molar-refractivity contribution >= 4 is 5.91 Å². The number of nitrogens with zero attached hydrogens (tertiary/aromatic N) is 1. The molecular formula is C23H51NO. The molecule has 25 heavy (non-hydrogen) atoms. The lowest BCUT2D eigenvalue weighted by Crippen LogP contribution is -2.48. The van der Waals surface area contributed by atoms with E-state index in [-0.39, 0.29) is 11.4 Å². The van der Waals surface area contributed by atoms with Gasteiger partial charge >= 0.3 is 0 Å². The number of hydrogen-bond donors (Lipinski definition) is 0. The van der Waals surface area contributed by atoms with E-state index in [1.807, 2.05) is 18.7 Å². The molecule has 0 radical (unpaired) electrons. The third kappa shape index (κ3) is 12.5. The predicted octanol–water partition coefficient (Wildman–Crippen LogP) is 7.42. The second kappa shape index (κ2) is 12.0. The van der Waals surface area contributed by atoms with Crippen LogP contribution >= 0.6 is 0 Å². The molecule has 1 atom stereocenters. The fraction of sp³-hybridized carbons (Fsp3) is 0.957. The van der Waals surface area contributed by atoms with Crippen LogP contribution in [0.2, 0.25) is 0 Å². The smallest absolute Gasteiger partial charge is 0.219 e. The van der Waals surface area contributed by atoms with Crippen molar-refractivity contribution in [1.82, 2.24) is 4.90 Å². The first kappa shape index (κ1) is 29.2. The molecule has 0 aromatic carbocycles. The first-order valence-corrected chi connectivity index (χ1v) is 10.3. The Labute approximate surface area is 161 Å². The van der Waals surface area contributed by atoms with Gasteiger partial charge in [-0.2, -0.15) is 0 Å². The SMILES string of the molecule is CC.CC(C)(C)C(C)(C)C.CCC(C)(C)N(CC(C)C(C)C)C(C)=O. The number of rotatable bonds is 5. The van der Waals surface area contributed by atoms with Crippen LogP contribution in [0.1, 0.15) is 110 Å². The zero-order valence-corrected chi connectivity index (χ0v) is 20.4. The molecule has 0 bridgehead atoms. The largest absolute Gasteiger partial charge is 0.338 e. The van der Waals surface area contributed by atoms with Crippen LogP contribution < -0.4 is 0 Å². The van der Waals surface area contributed by atoms with Crippen molar-refractivity contribution in [2.24, 2.45) is 22.7 Å². The summed E-state index contributed by atoms with van der Waals surface area (Å²) in [6.45, 7) is 33.2. The van der Waals surface area contributed by atoms with E-state index in [9.17, 15) is 4.79 Å². The lowest BCUT2D eigenvalue weighted by Gasteiger charge is -2.39. The van der Waals surface area contributed by atoms with Crippen LogP contribution in [0.25, 0.3) is 0 Å². The minimum atomic E-state index is -0.0189. The van der Waals surface area contributed by atoms with Crippen molar-refractivity contribution in [3.63, 3.8) is 0 Å². The van der Waals surface area contributed by atoms with Crippen LogP contribution in [-0.2, 0) is 4.79 Å². The van der Waals surface area contributed by atoms with Gasteiger partial charge < -0.3 is 4.90 Å². The Bertz CT molecular complexity index is 330. The molecule has 0 aliphatic carbocycles. The molecule has 0 saturated carbocycles. The molecule has 0 spiro atoms. The molecule has 1 amide bonds. The number of hydrogen-bond acceptors (Lipinski definition) is 1. The van der Waals surface area contributed by atoms with Crippen molar-refractivity contribution in [3.8, 4) is 0 Å². The monoisotopic (exact) mass is 357 g/mol. The van der Waals surface area contributed by atoms with Gasteiger partial charge in [0.05, 0.1) is 0 Å². The van der Waals surface area contributed by atoms with Crippen LogP contribution in [0.15, 0.2) is 0 Å². The molecule has 0 N–H and O–H groups in total. The second-order valence-electron chi connectivity index (χ2n) is 10.0. The van der Waals surface area contributed by atoms with Gasteiger partial charge in [0.15, 0.2) is 0 Å². The van der Waals surface area contributed by atoms with Crippen molar-refractivity contribution < 1.29 is 4.79 Å². The van der Waals surface area contributed by atoms with Gasteiger partial charge in [0.25, 0.3) is 0 Å². The number of carbonyl (C=O) groups excluding carboxylic acids is 1. The zero-order valence-electron chi connectivity index (χ0n) is 20.4. The third-order valence-corrected chi connectivity index (χ3v) is 5.83. The molecule has 0 saturated heterocycles. The number of carbonyl (C=O) groups is 1. The Morgan fingerprint density at radius 1 is 0.840 bits per heavy atom. The standard InChI is InChI=1S/C13H27NO.C8H18.C2H6/c1-8-13(6,7)14(12(5)15)9-11(4)10(2)3;1-7(2,3)8(4,5)6;1-2/h10-11H,8-9H2,1-7H3;1-6H3;1-2H3. The average molecular weight is 358 g/mol. The van der Waals surface area contributed by atoms with Crippen molar-refractivity contribution in [3.05, 3.63) is 0 Å². The molecule has 0 aromatic heterocycles. The maximum atomic E-state index is 11.6. The fourth-order valence-electron chi connectivity index (χ4n) is 1.49. The predicted molar refractivity (Wildman–Crippen MR) is 116 cm³/mol. The third-order valence-electron chi connectivity index (χ3n) is 5.83. The van der Waals surface area contributed by atoms with E-state index >= 15 is 0 Å². The number of amides is 1. The Balaban J connectivity index is -0.000000408. The summed E-state index contributed by atoms with van der Waals surface area (Å²) in [6.07, 6.45) is 0.997. The van der Waals surface area contributed by atoms with E-state index in [1.54, 1.807) is 6.92 Å². The van der Waals surface area contributed by atoms with E-state index in [0.717, 1.165) is 13.0 Å². The average Bonchev–Trinajstić information content (AvgIpc) is 2.44. The second-order valence-corrected chi connectivity index (χ2v) is 10.0. The van der Waals surface area contributed by atoms with Gasteiger partial charge in [0.1, 0.15) is 0 Å². The zero-order chi connectivity index (χ0) is 21.2. The topological polar surface area (TPSA) is 20.3 Å². The molecule has 0 heterocycles. The summed E-state index contributed by atoms with van der Waals surface area (Å²) < 4.78 is 0. The quantitative estimate of drug-likeness (QED) is 0.501. The van der Waals surface area contributed by atoms with Crippen molar-refractivity contribution in [1.29, 1.82) is 0 Å². The van der Waals surface area contributed by atoms with E-state index in [4.69, 9.17) is 0 Å². The molecule has 154 valence electrons. The molecule has 0 rings (SSSR count). The van der Waals surface area contributed by atoms with E-state index in [1.165, 1.54) is 0 Å². The van der Waals surface area contributed by atoms with E-state index in [0.29, 0.717) is 22.7 Å². The summed E-state index contributed by atoms with van der Waals surface area (Å²) in [5, 5.41) is 0. The highest BCUT2D eigenvalue weighted by Crippen LogP contribution is 2.36. The molecule has 0 aliphatic rings. The van der Waals surface area contributed by atoms with Crippen LogP contribution in [0.4, 0.5) is 0 Å². The summed E-state index contributed by atoms with van der Waals surface area (Å²) in [5.41, 5.74) is 0.856. The maximum Gasteiger partial charge on any atom is 0.219 e. The molecular weight excluding hydrogens is 306 g/mol. The van der Waals surface area contributed by atoms with Gasteiger partial charge in [-0.15, -0.1) is 0 Å². The summed E-state index contributed by atoms with van der Waals surface area (Å²) >= 11 is 0. The normalized spacial score (nSPS) is 13.3. The van der Waals surface area contributed by atoms with Gasteiger partial charge in [-0.05, 0) is 42.9 Å². The summed E-state index contributed by atoms with van der Waals surface area (Å²) in [4.78, 5) is 13.6. The lowest BCUT2D eigenvalue weighted by molar-refractivity contribution is -0.135. The Kier molecular flexibility index (Phi) is 14.0. The first-order chi connectivity index (χ1) is 11.0. The molecule has 2 nitrogen and oxygen atoms in total. The summed E-state index contributed by atoms with van der Waals surface area (Å²) in [6, 6.07) is 0. The van der Waals surface area contributed by atoms with Gasteiger partial charge in [-0.3, -0.25) is 4.79 Å². The maximum absolute atomic E-state index is 11.6. The Morgan fingerprint density at radius 3 is 1.32 bits per heavy atom. The molecule has 0 fully saturated rings. The highest BCUT2D eigenvalue weighted by molar-refractivity contribution is 5.74. The van der Waals surface area contributed by atoms with Crippen molar-refractivity contribution in [2.75, 3.05) is 6.54 Å². The van der Waals surface area contributed by atoms with Crippen LogP contribution in [0, 0.1) is 22.7 Å². The van der Waals surface area contributed by atoms with Crippen LogP contribution in [0.5, 0.6) is 0 Å². The first-order valence-electron chi connectivity index (χ1n) is 10.3. The molecule has 0 aliphatic heterocycles.